The molecular formula is C45H74N2O6. The van der Waals surface area contributed by atoms with E-state index in [9.17, 15) is 19.2 Å². The van der Waals surface area contributed by atoms with Crippen LogP contribution < -0.4 is 10.6 Å². The molecule has 0 heterocycles. The van der Waals surface area contributed by atoms with E-state index < -0.39 is 12.0 Å². The fraction of sp³-hybridized carbons (Fsp3) is 0.867. The van der Waals surface area contributed by atoms with Crippen molar-refractivity contribution >= 4 is 23.8 Å². The number of carboxylic acids is 1. The van der Waals surface area contributed by atoms with E-state index in [1.807, 2.05) is 0 Å². The van der Waals surface area contributed by atoms with Gasteiger partial charge in [0.25, 0.3) is 0 Å². The maximum absolute atomic E-state index is 14.4. The van der Waals surface area contributed by atoms with Crippen molar-refractivity contribution in [3.63, 3.8) is 0 Å². The van der Waals surface area contributed by atoms with Gasteiger partial charge in [-0.15, -0.1) is 0 Å². The molecule has 5 aliphatic rings. The Balaban J connectivity index is 1.30. The summed E-state index contributed by atoms with van der Waals surface area (Å²) in [6.07, 6.45) is 19.3. The fourth-order valence-electron chi connectivity index (χ4n) is 12.9. The largest absolute Gasteiger partial charge is 0.480 e. The van der Waals surface area contributed by atoms with Crippen LogP contribution in [0.2, 0.25) is 0 Å². The van der Waals surface area contributed by atoms with Crippen LogP contribution >= 0.6 is 0 Å². The van der Waals surface area contributed by atoms with Gasteiger partial charge in [0.05, 0.1) is 5.41 Å². The standard InChI is InChI=1S/C45H74N2O6/c1-10-11-13-17-37(49)53-35-21-22-42(7)33(41(35,5)6)20-23-44(9)34(42)19-18-31-32-29-40(3,4)24-26-45(32,27-25-43(31,44)8)39(52)46-28-15-12-14-16-36(48)47-30(2)38(50)51/h18,30,32-35H,10-17,19-29H2,1-9H3,(H,46,52)(H,47,48)(H,50,51)/t30-,32?,33?,34?,35-,42-,43+,44+,45-/m0/s1. The zero-order valence-electron chi connectivity index (χ0n) is 34.9. The maximum atomic E-state index is 14.4. The van der Waals surface area contributed by atoms with Gasteiger partial charge in [-0.2, -0.15) is 0 Å². The summed E-state index contributed by atoms with van der Waals surface area (Å²) in [6.45, 7) is 21.6. The topological polar surface area (TPSA) is 122 Å². The molecule has 300 valence electrons. The first kappa shape index (κ1) is 41.8. The van der Waals surface area contributed by atoms with Gasteiger partial charge in [-0.25, -0.2) is 0 Å². The molecule has 4 fully saturated rings. The highest BCUT2D eigenvalue weighted by Crippen LogP contribution is 2.76. The molecule has 0 aromatic heterocycles. The Hall–Kier alpha value is -2.38. The molecule has 3 unspecified atom stereocenters. The predicted octanol–water partition coefficient (Wildman–Crippen LogP) is 9.55. The number of esters is 1. The summed E-state index contributed by atoms with van der Waals surface area (Å²) < 4.78 is 6.28. The molecule has 0 bridgehead atoms. The molecule has 9 atom stereocenters. The summed E-state index contributed by atoms with van der Waals surface area (Å²) in [7, 11) is 0. The highest BCUT2D eigenvalue weighted by molar-refractivity contribution is 5.84. The SMILES string of the molecule is CCCCCC(=O)O[C@H]1CC[C@@]2(C)C(CC[C@]3(C)C2CC=C2C4CC(C)(C)CC[C@]4(C(=O)NCCCCCC(=O)N[C@@H](C)C(=O)O)CC[C@]23C)C1(C)C. The van der Waals surface area contributed by atoms with Gasteiger partial charge in [-0.05, 0) is 130 Å². The number of amides is 2. The number of rotatable bonds is 14. The van der Waals surface area contributed by atoms with Crippen LogP contribution in [0.3, 0.4) is 0 Å². The smallest absolute Gasteiger partial charge is 0.325 e. The first-order chi connectivity index (χ1) is 24.8. The van der Waals surface area contributed by atoms with Gasteiger partial charge in [0.15, 0.2) is 0 Å². The number of carboxylic acid groups (broad SMARTS) is 1. The summed E-state index contributed by atoms with van der Waals surface area (Å²) in [6, 6.07) is -0.886. The van der Waals surface area contributed by atoms with Crippen LogP contribution in [0.5, 0.6) is 0 Å². The van der Waals surface area contributed by atoms with E-state index in [0.29, 0.717) is 37.6 Å². The van der Waals surface area contributed by atoms with Crippen LogP contribution in [-0.4, -0.2) is 47.6 Å². The van der Waals surface area contributed by atoms with Gasteiger partial charge < -0.3 is 20.5 Å². The average Bonchev–Trinajstić information content (AvgIpc) is 3.07. The Morgan fingerprint density at radius 1 is 0.849 bits per heavy atom. The minimum atomic E-state index is -1.03. The second-order valence-electron chi connectivity index (χ2n) is 20.4. The van der Waals surface area contributed by atoms with Gasteiger partial charge >= 0.3 is 11.9 Å². The molecule has 8 nitrogen and oxygen atoms in total. The minimum absolute atomic E-state index is 0.0163. The molecule has 4 saturated carbocycles. The monoisotopic (exact) mass is 739 g/mol. The molecule has 2 amide bonds. The zero-order chi connectivity index (χ0) is 39.0. The zero-order valence-corrected chi connectivity index (χ0v) is 34.9. The Morgan fingerprint density at radius 2 is 1.55 bits per heavy atom. The van der Waals surface area contributed by atoms with E-state index in [2.05, 4.69) is 72.1 Å². The summed E-state index contributed by atoms with van der Waals surface area (Å²) in [5, 5.41) is 14.9. The van der Waals surface area contributed by atoms with E-state index in [-0.39, 0.29) is 62.3 Å². The quantitative estimate of drug-likeness (QED) is 0.0928. The number of carbonyl (C=O) groups excluding carboxylic acids is 3. The summed E-state index contributed by atoms with van der Waals surface area (Å²) in [5.41, 5.74) is 1.65. The minimum Gasteiger partial charge on any atom is -0.480 e. The van der Waals surface area contributed by atoms with Crippen molar-refractivity contribution in [2.24, 2.45) is 50.2 Å². The Kier molecular flexibility index (Phi) is 12.3. The molecule has 0 saturated heterocycles. The van der Waals surface area contributed by atoms with Gasteiger partial charge in [-0.3, -0.25) is 19.2 Å². The molecule has 0 aromatic rings. The summed E-state index contributed by atoms with van der Waals surface area (Å²) in [5.74, 6) is 0.225. The predicted molar refractivity (Wildman–Crippen MR) is 210 cm³/mol. The van der Waals surface area contributed by atoms with E-state index in [1.165, 1.54) is 13.3 Å². The maximum Gasteiger partial charge on any atom is 0.325 e. The highest BCUT2D eigenvalue weighted by Gasteiger charge is 2.69. The number of carbonyl (C=O) groups is 4. The third kappa shape index (κ3) is 7.73. The molecule has 8 heteroatoms. The average molecular weight is 739 g/mol. The number of aliphatic carboxylic acids is 1. The molecule has 0 radical (unpaired) electrons. The molecule has 0 aromatic carbocycles. The van der Waals surface area contributed by atoms with Crippen molar-refractivity contribution in [3.8, 4) is 0 Å². The van der Waals surface area contributed by atoms with Crippen molar-refractivity contribution in [2.45, 2.75) is 190 Å². The third-order valence-corrected chi connectivity index (χ3v) is 16.4. The fourth-order valence-corrected chi connectivity index (χ4v) is 12.9. The number of fused-ring (bicyclic) bond motifs is 7. The van der Waals surface area contributed by atoms with E-state index in [0.717, 1.165) is 89.9 Å². The Morgan fingerprint density at radius 3 is 2.25 bits per heavy atom. The third-order valence-electron chi connectivity index (χ3n) is 16.4. The number of allylic oxidation sites excluding steroid dienone is 2. The molecular weight excluding hydrogens is 665 g/mol. The highest BCUT2D eigenvalue weighted by atomic mass is 16.5. The van der Waals surface area contributed by atoms with Crippen molar-refractivity contribution in [1.29, 1.82) is 0 Å². The lowest BCUT2D eigenvalue weighted by Crippen LogP contribution is -2.65. The van der Waals surface area contributed by atoms with Crippen LogP contribution in [0, 0.1) is 50.2 Å². The lowest BCUT2D eigenvalue weighted by molar-refractivity contribution is -0.213. The lowest BCUT2D eigenvalue weighted by Gasteiger charge is -2.71. The Bertz CT molecular complexity index is 1420. The second kappa shape index (κ2) is 15.6. The number of nitrogens with one attached hydrogen (secondary N) is 2. The van der Waals surface area contributed by atoms with Crippen LogP contribution in [0.25, 0.3) is 0 Å². The molecule has 0 spiro atoms. The number of hydrogen-bond donors (Lipinski definition) is 3. The number of unbranched alkanes of at least 4 members (excludes halogenated alkanes) is 4. The second-order valence-corrected chi connectivity index (χ2v) is 20.4. The van der Waals surface area contributed by atoms with Crippen LogP contribution in [-0.2, 0) is 23.9 Å². The Labute approximate surface area is 321 Å². The van der Waals surface area contributed by atoms with Crippen LogP contribution in [0.1, 0.15) is 178 Å². The number of ether oxygens (including phenoxy) is 1. The van der Waals surface area contributed by atoms with Gasteiger partial charge in [0, 0.05) is 24.8 Å². The van der Waals surface area contributed by atoms with Crippen molar-refractivity contribution in [1.82, 2.24) is 10.6 Å². The number of hydrogen-bond acceptors (Lipinski definition) is 5. The lowest BCUT2D eigenvalue weighted by atomic mass is 9.33. The van der Waals surface area contributed by atoms with Crippen molar-refractivity contribution in [3.05, 3.63) is 11.6 Å². The van der Waals surface area contributed by atoms with Gasteiger partial charge in [0.1, 0.15) is 12.1 Å². The van der Waals surface area contributed by atoms with Crippen molar-refractivity contribution in [2.75, 3.05) is 6.54 Å². The first-order valence-electron chi connectivity index (χ1n) is 21.5. The molecule has 3 N–H and O–H groups in total. The molecule has 5 rings (SSSR count). The van der Waals surface area contributed by atoms with E-state index in [4.69, 9.17) is 9.84 Å². The molecule has 0 aliphatic heterocycles. The summed E-state index contributed by atoms with van der Waals surface area (Å²) in [4.78, 5) is 50.5. The van der Waals surface area contributed by atoms with E-state index >= 15 is 0 Å². The van der Waals surface area contributed by atoms with Crippen LogP contribution in [0.15, 0.2) is 11.6 Å². The molecule has 5 aliphatic carbocycles. The first-order valence-corrected chi connectivity index (χ1v) is 21.5. The van der Waals surface area contributed by atoms with Crippen LogP contribution in [0.4, 0.5) is 0 Å². The van der Waals surface area contributed by atoms with Gasteiger partial charge in [-0.1, -0.05) is 86.3 Å². The normalized spacial score (nSPS) is 37.3. The summed E-state index contributed by atoms with van der Waals surface area (Å²) >= 11 is 0. The molecule has 53 heavy (non-hydrogen) atoms. The van der Waals surface area contributed by atoms with Gasteiger partial charge in [0.2, 0.25) is 11.8 Å². The van der Waals surface area contributed by atoms with Crippen molar-refractivity contribution < 1.29 is 29.0 Å². The van der Waals surface area contributed by atoms with E-state index in [1.54, 1.807) is 5.57 Å².